The van der Waals surface area contributed by atoms with Crippen LogP contribution >= 0.6 is 11.3 Å². The normalized spacial score (nSPS) is 11.1. The van der Waals surface area contributed by atoms with Crippen molar-refractivity contribution in [2.45, 2.75) is 33.6 Å². The Morgan fingerprint density at radius 3 is 2.67 bits per heavy atom. The molecule has 0 unspecified atom stereocenters. The quantitative estimate of drug-likeness (QED) is 0.803. The van der Waals surface area contributed by atoms with E-state index in [0.29, 0.717) is 24.5 Å². The molecule has 0 atom stereocenters. The first-order valence-corrected chi connectivity index (χ1v) is 6.75. The molecule has 100 valence electrons. The number of aromatic nitrogens is 1. The second-order valence-corrected chi connectivity index (χ2v) is 5.89. The van der Waals surface area contributed by atoms with Gasteiger partial charge in [0.05, 0.1) is 0 Å². The van der Waals surface area contributed by atoms with Gasteiger partial charge in [0.1, 0.15) is 0 Å². The summed E-state index contributed by atoms with van der Waals surface area (Å²) < 4.78 is 0. The first-order valence-electron chi connectivity index (χ1n) is 5.87. The number of hydrogen-bond donors (Lipinski definition) is 2. The van der Waals surface area contributed by atoms with Gasteiger partial charge in [-0.1, -0.05) is 20.8 Å². The Morgan fingerprint density at radius 1 is 1.39 bits per heavy atom. The molecule has 0 aliphatic heterocycles. The van der Waals surface area contributed by atoms with E-state index in [4.69, 9.17) is 0 Å². The summed E-state index contributed by atoms with van der Waals surface area (Å²) in [5.41, 5.74) is -0.386. The van der Waals surface area contributed by atoms with Crippen molar-refractivity contribution in [1.29, 1.82) is 0 Å². The van der Waals surface area contributed by atoms with Crippen molar-refractivity contribution in [3.05, 3.63) is 11.6 Å². The van der Waals surface area contributed by atoms with E-state index in [1.54, 1.807) is 11.6 Å². The van der Waals surface area contributed by atoms with Crippen LogP contribution in [0, 0.1) is 5.41 Å². The predicted octanol–water partition coefficient (Wildman–Crippen LogP) is 2.02. The second kappa shape index (κ2) is 6.49. The van der Waals surface area contributed by atoms with Crippen molar-refractivity contribution in [3.63, 3.8) is 0 Å². The fraction of sp³-hybridized carbons (Fsp3) is 0.583. The van der Waals surface area contributed by atoms with Crippen LogP contribution in [-0.2, 0) is 9.59 Å². The molecule has 0 fully saturated rings. The number of rotatable bonds is 5. The minimum absolute atomic E-state index is 0.00262. The molecule has 0 saturated heterocycles. The van der Waals surface area contributed by atoms with Gasteiger partial charge in [-0.3, -0.25) is 9.59 Å². The number of carbonyl (C=O) groups is 2. The zero-order valence-electron chi connectivity index (χ0n) is 10.9. The van der Waals surface area contributed by atoms with Gasteiger partial charge in [0.25, 0.3) is 0 Å². The predicted molar refractivity (Wildman–Crippen MR) is 72.4 cm³/mol. The van der Waals surface area contributed by atoms with E-state index < -0.39 is 0 Å². The molecule has 18 heavy (non-hydrogen) atoms. The molecule has 0 aliphatic rings. The lowest BCUT2D eigenvalue weighted by Gasteiger charge is -2.17. The zero-order valence-corrected chi connectivity index (χ0v) is 11.8. The fourth-order valence-corrected chi connectivity index (χ4v) is 1.73. The van der Waals surface area contributed by atoms with Crippen LogP contribution in [0.3, 0.4) is 0 Å². The zero-order chi connectivity index (χ0) is 13.6. The Balaban J connectivity index is 2.15. The van der Waals surface area contributed by atoms with Gasteiger partial charge in [-0.25, -0.2) is 4.98 Å². The maximum absolute atomic E-state index is 11.5. The first-order chi connectivity index (χ1) is 8.39. The average molecular weight is 269 g/mol. The Labute approximate surface area is 111 Å². The van der Waals surface area contributed by atoms with Crippen LogP contribution in [0.25, 0.3) is 0 Å². The van der Waals surface area contributed by atoms with E-state index in [1.807, 2.05) is 20.8 Å². The number of amides is 2. The molecule has 0 aromatic carbocycles. The van der Waals surface area contributed by atoms with Crippen LogP contribution < -0.4 is 10.6 Å². The van der Waals surface area contributed by atoms with Crippen molar-refractivity contribution in [1.82, 2.24) is 10.3 Å². The lowest BCUT2D eigenvalue weighted by atomic mass is 9.96. The minimum atomic E-state index is -0.386. The molecule has 0 radical (unpaired) electrons. The minimum Gasteiger partial charge on any atom is -0.356 e. The van der Waals surface area contributed by atoms with Crippen LogP contribution in [0.15, 0.2) is 11.6 Å². The fourth-order valence-electron chi connectivity index (χ4n) is 1.18. The van der Waals surface area contributed by atoms with Gasteiger partial charge in [-0.05, 0) is 6.42 Å². The third kappa shape index (κ3) is 5.27. The van der Waals surface area contributed by atoms with Gasteiger partial charge in [0.15, 0.2) is 5.13 Å². The van der Waals surface area contributed by atoms with E-state index in [0.717, 1.165) is 0 Å². The lowest BCUT2D eigenvalue weighted by Crippen LogP contribution is -2.35. The molecule has 0 spiro atoms. The third-order valence-corrected chi connectivity index (χ3v) is 2.91. The summed E-state index contributed by atoms with van der Waals surface area (Å²) in [5, 5.41) is 7.92. The smallest absolute Gasteiger partial charge is 0.226 e. The average Bonchev–Trinajstić information content (AvgIpc) is 2.75. The van der Waals surface area contributed by atoms with Crippen LogP contribution in [0.1, 0.15) is 33.6 Å². The van der Waals surface area contributed by atoms with Crippen molar-refractivity contribution < 1.29 is 9.59 Å². The lowest BCUT2D eigenvalue weighted by molar-refractivity contribution is -0.128. The monoisotopic (exact) mass is 269 g/mol. The van der Waals surface area contributed by atoms with Crippen LogP contribution in [0.5, 0.6) is 0 Å². The third-order valence-electron chi connectivity index (χ3n) is 2.23. The van der Waals surface area contributed by atoms with Crippen molar-refractivity contribution >= 4 is 28.3 Å². The molecular formula is C12H19N3O2S. The van der Waals surface area contributed by atoms with Crippen molar-refractivity contribution in [2.24, 2.45) is 5.41 Å². The molecule has 0 saturated carbocycles. The number of carbonyl (C=O) groups excluding carboxylic acids is 2. The maximum atomic E-state index is 11.5. The highest BCUT2D eigenvalue weighted by atomic mass is 32.1. The molecule has 0 aliphatic carbocycles. The topological polar surface area (TPSA) is 71.1 Å². The van der Waals surface area contributed by atoms with E-state index in [-0.39, 0.29) is 17.2 Å². The number of nitrogens with one attached hydrogen (secondary N) is 2. The summed E-state index contributed by atoms with van der Waals surface area (Å²) in [6.07, 6.45) is 2.65. The molecule has 0 bridgehead atoms. The van der Waals surface area contributed by atoms with Gasteiger partial charge in [0, 0.05) is 30.0 Å². The van der Waals surface area contributed by atoms with E-state index in [2.05, 4.69) is 15.6 Å². The number of thiazole rings is 1. The summed E-state index contributed by atoms with van der Waals surface area (Å²) >= 11 is 1.39. The SMILES string of the molecule is CC(C)(C)C(=O)NCCCC(=O)Nc1nccs1. The van der Waals surface area contributed by atoms with Crippen molar-refractivity contribution in [2.75, 3.05) is 11.9 Å². The van der Waals surface area contributed by atoms with Gasteiger partial charge in [-0.15, -0.1) is 11.3 Å². The highest BCUT2D eigenvalue weighted by molar-refractivity contribution is 7.13. The van der Waals surface area contributed by atoms with Crippen LogP contribution in [0.4, 0.5) is 5.13 Å². The molecular weight excluding hydrogens is 250 g/mol. The van der Waals surface area contributed by atoms with Gasteiger partial charge in [0.2, 0.25) is 11.8 Å². The first kappa shape index (κ1) is 14.6. The molecule has 1 aromatic rings. The molecule has 1 heterocycles. The maximum Gasteiger partial charge on any atom is 0.226 e. The van der Waals surface area contributed by atoms with E-state index in [9.17, 15) is 9.59 Å². The molecule has 1 aromatic heterocycles. The van der Waals surface area contributed by atoms with Gasteiger partial charge < -0.3 is 10.6 Å². The largest absolute Gasteiger partial charge is 0.356 e. The van der Waals surface area contributed by atoms with Crippen LogP contribution in [-0.4, -0.2) is 23.3 Å². The summed E-state index contributed by atoms with van der Waals surface area (Å²) in [6, 6.07) is 0. The summed E-state index contributed by atoms with van der Waals surface area (Å²) in [4.78, 5) is 27.0. The Morgan fingerprint density at radius 2 is 2.11 bits per heavy atom. The summed E-state index contributed by atoms with van der Waals surface area (Å²) in [5.74, 6) is -0.0715. The number of hydrogen-bond acceptors (Lipinski definition) is 4. The molecule has 5 nitrogen and oxygen atoms in total. The summed E-state index contributed by atoms with van der Waals surface area (Å²) in [7, 11) is 0. The Kier molecular flexibility index (Phi) is 5.27. The standard InChI is InChI=1S/C12H19N3O2S/c1-12(2,3)10(17)13-6-4-5-9(16)15-11-14-7-8-18-11/h7-8H,4-6H2,1-3H3,(H,13,17)(H,14,15,16). The Bertz CT molecular complexity index is 396. The van der Waals surface area contributed by atoms with Gasteiger partial charge >= 0.3 is 0 Å². The highest BCUT2D eigenvalue weighted by Gasteiger charge is 2.20. The van der Waals surface area contributed by atoms with E-state index in [1.165, 1.54) is 11.3 Å². The van der Waals surface area contributed by atoms with Gasteiger partial charge in [-0.2, -0.15) is 0 Å². The van der Waals surface area contributed by atoms with Crippen LogP contribution in [0.2, 0.25) is 0 Å². The van der Waals surface area contributed by atoms with E-state index >= 15 is 0 Å². The molecule has 1 rings (SSSR count). The Hall–Kier alpha value is -1.43. The second-order valence-electron chi connectivity index (χ2n) is 4.99. The number of anilines is 1. The van der Waals surface area contributed by atoms with Crippen molar-refractivity contribution in [3.8, 4) is 0 Å². The molecule has 2 N–H and O–H groups in total. The number of nitrogens with zero attached hydrogens (tertiary/aromatic N) is 1. The highest BCUT2D eigenvalue weighted by Crippen LogP contribution is 2.12. The molecule has 6 heteroatoms. The summed E-state index contributed by atoms with van der Waals surface area (Å²) in [6.45, 7) is 6.09. The molecule has 2 amide bonds.